The lowest BCUT2D eigenvalue weighted by molar-refractivity contribution is 0.0945. The molecule has 98 valence electrons. The van der Waals surface area contributed by atoms with Crippen molar-refractivity contribution in [3.05, 3.63) is 17.8 Å². The first-order valence-electron chi connectivity index (χ1n) is 6.53. The van der Waals surface area contributed by atoms with E-state index in [9.17, 15) is 4.79 Å². The van der Waals surface area contributed by atoms with Crippen molar-refractivity contribution in [2.75, 3.05) is 11.9 Å². The van der Waals surface area contributed by atoms with E-state index >= 15 is 0 Å². The first kappa shape index (κ1) is 12.8. The molecule has 2 rings (SSSR count). The molecule has 0 saturated heterocycles. The molecule has 18 heavy (non-hydrogen) atoms. The molecule has 0 spiro atoms. The molecule has 5 heteroatoms. The van der Waals surface area contributed by atoms with Crippen molar-refractivity contribution >= 4 is 11.7 Å². The summed E-state index contributed by atoms with van der Waals surface area (Å²) in [7, 11) is 0. The van der Waals surface area contributed by atoms with Crippen LogP contribution in [0.4, 0.5) is 5.82 Å². The van der Waals surface area contributed by atoms with E-state index in [2.05, 4.69) is 34.7 Å². The van der Waals surface area contributed by atoms with Gasteiger partial charge in [-0.2, -0.15) is 0 Å². The molecule has 0 aliphatic heterocycles. The summed E-state index contributed by atoms with van der Waals surface area (Å²) in [6, 6.07) is 3.86. The second-order valence-electron chi connectivity index (χ2n) is 5.16. The molecule has 1 amide bonds. The van der Waals surface area contributed by atoms with Gasteiger partial charge < -0.3 is 10.6 Å². The maximum atomic E-state index is 11.7. The predicted molar refractivity (Wildman–Crippen MR) is 70.5 cm³/mol. The Morgan fingerprint density at radius 2 is 2.17 bits per heavy atom. The highest BCUT2D eigenvalue weighted by atomic mass is 16.2. The van der Waals surface area contributed by atoms with Gasteiger partial charge in [0.25, 0.3) is 5.91 Å². The second-order valence-corrected chi connectivity index (χ2v) is 5.16. The monoisotopic (exact) mass is 248 g/mol. The van der Waals surface area contributed by atoms with E-state index in [1.54, 1.807) is 12.1 Å². The van der Waals surface area contributed by atoms with Crippen LogP contribution < -0.4 is 10.6 Å². The van der Waals surface area contributed by atoms with Gasteiger partial charge in [-0.05, 0) is 37.3 Å². The number of aromatic nitrogens is 2. The van der Waals surface area contributed by atoms with E-state index in [-0.39, 0.29) is 5.91 Å². The first-order chi connectivity index (χ1) is 8.65. The fourth-order valence-electron chi connectivity index (χ4n) is 1.52. The molecule has 1 aliphatic carbocycles. The molecule has 0 aromatic carbocycles. The number of nitrogens with one attached hydrogen (secondary N) is 2. The zero-order valence-corrected chi connectivity index (χ0v) is 10.9. The first-order valence-corrected chi connectivity index (χ1v) is 6.53. The van der Waals surface area contributed by atoms with Crippen LogP contribution in [-0.4, -0.2) is 28.7 Å². The summed E-state index contributed by atoms with van der Waals surface area (Å²) in [5, 5.41) is 14.0. The number of nitrogens with zero attached hydrogens (tertiary/aromatic N) is 2. The molecule has 1 aliphatic rings. The van der Waals surface area contributed by atoms with Crippen molar-refractivity contribution in [3.63, 3.8) is 0 Å². The minimum atomic E-state index is -0.126. The number of carbonyl (C=O) groups excluding carboxylic acids is 1. The van der Waals surface area contributed by atoms with E-state index in [1.807, 2.05) is 0 Å². The Balaban J connectivity index is 1.82. The summed E-state index contributed by atoms with van der Waals surface area (Å²) in [5.41, 5.74) is 0.385. The van der Waals surface area contributed by atoms with Crippen molar-refractivity contribution in [2.45, 2.75) is 39.2 Å². The van der Waals surface area contributed by atoms with Gasteiger partial charge >= 0.3 is 0 Å². The summed E-state index contributed by atoms with van der Waals surface area (Å²) in [5.74, 6) is 1.26. The molecule has 2 N–H and O–H groups in total. The molecule has 0 radical (unpaired) electrons. The Bertz CT molecular complexity index is 398. The standard InChI is InChI=1S/C13H20N4O/c1-9(2)7-8-14-12-6-5-11(16-17-12)13(18)15-10-3-4-10/h5-6,9-10H,3-4,7-8H2,1-2H3,(H,14,17)(H,15,18). The number of hydrogen-bond acceptors (Lipinski definition) is 4. The average molecular weight is 248 g/mol. The van der Waals surface area contributed by atoms with Crippen LogP contribution in [0.25, 0.3) is 0 Å². The minimum Gasteiger partial charge on any atom is -0.369 e. The fraction of sp³-hybridized carbons (Fsp3) is 0.615. The Morgan fingerprint density at radius 3 is 2.72 bits per heavy atom. The van der Waals surface area contributed by atoms with Gasteiger partial charge in [-0.3, -0.25) is 4.79 Å². The smallest absolute Gasteiger partial charge is 0.272 e. The third kappa shape index (κ3) is 3.98. The molecule has 1 saturated carbocycles. The molecule has 1 heterocycles. The third-order valence-electron chi connectivity index (χ3n) is 2.84. The van der Waals surface area contributed by atoms with Crippen LogP contribution in [0.1, 0.15) is 43.6 Å². The zero-order valence-electron chi connectivity index (χ0n) is 10.9. The predicted octanol–water partition coefficient (Wildman–Crippen LogP) is 1.83. The lowest BCUT2D eigenvalue weighted by Crippen LogP contribution is -2.26. The highest BCUT2D eigenvalue weighted by molar-refractivity contribution is 5.92. The fourth-order valence-corrected chi connectivity index (χ4v) is 1.52. The summed E-state index contributed by atoms with van der Waals surface area (Å²) < 4.78 is 0. The normalized spacial score (nSPS) is 14.6. The van der Waals surface area contributed by atoms with Crippen molar-refractivity contribution in [2.24, 2.45) is 5.92 Å². The lowest BCUT2D eigenvalue weighted by atomic mass is 10.1. The van der Waals surface area contributed by atoms with Gasteiger partial charge in [-0.25, -0.2) is 0 Å². The quantitative estimate of drug-likeness (QED) is 0.806. The molecular formula is C13H20N4O. The van der Waals surface area contributed by atoms with Gasteiger partial charge in [-0.15, -0.1) is 10.2 Å². The van der Waals surface area contributed by atoms with Gasteiger partial charge in [0, 0.05) is 12.6 Å². The van der Waals surface area contributed by atoms with Crippen molar-refractivity contribution in [3.8, 4) is 0 Å². The van der Waals surface area contributed by atoms with Crippen molar-refractivity contribution in [1.29, 1.82) is 0 Å². The molecule has 0 bridgehead atoms. The lowest BCUT2D eigenvalue weighted by Gasteiger charge is -2.07. The Kier molecular flexibility index (Phi) is 4.12. The van der Waals surface area contributed by atoms with Gasteiger partial charge in [0.2, 0.25) is 0 Å². The molecule has 5 nitrogen and oxygen atoms in total. The molecule has 1 fully saturated rings. The number of amides is 1. The summed E-state index contributed by atoms with van der Waals surface area (Å²) in [6.45, 7) is 5.23. The molecule has 1 aromatic heterocycles. The zero-order chi connectivity index (χ0) is 13.0. The van der Waals surface area contributed by atoms with Crippen LogP contribution in [0.5, 0.6) is 0 Å². The van der Waals surface area contributed by atoms with Crippen LogP contribution in [0.15, 0.2) is 12.1 Å². The van der Waals surface area contributed by atoms with Crippen molar-refractivity contribution in [1.82, 2.24) is 15.5 Å². The van der Waals surface area contributed by atoms with E-state index in [4.69, 9.17) is 0 Å². The third-order valence-corrected chi connectivity index (χ3v) is 2.84. The van der Waals surface area contributed by atoms with E-state index < -0.39 is 0 Å². The molecule has 0 unspecified atom stereocenters. The van der Waals surface area contributed by atoms with Crippen molar-refractivity contribution < 1.29 is 4.79 Å². The number of hydrogen-bond donors (Lipinski definition) is 2. The summed E-state index contributed by atoms with van der Waals surface area (Å²) in [4.78, 5) is 11.7. The maximum Gasteiger partial charge on any atom is 0.272 e. The highest BCUT2D eigenvalue weighted by Crippen LogP contribution is 2.19. The van der Waals surface area contributed by atoms with Gasteiger partial charge in [-0.1, -0.05) is 13.8 Å². The van der Waals surface area contributed by atoms with Crippen LogP contribution in [-0.2, 0) is 0 Å². The number of rotatable bonds is 6. The molecular weight excluding hydrogens is 228 g/mol. The van der Waals surface area contributed by atoms with Crippen LogP contribution in [0.2, 0.25) is 0 Å². The molecule has 1 aromatic rings. The Hall–Kier alpha value is -1.65. The SMILES string of the molecule is CC(C)CCNc1ccc(C(=O)NC2CC2)nn1. The van der Waals surface area contributed by atoms with Crippen LogP contribution >= 0.6 is 0 Å². The minimum absolute atomic E-state index is 0.126. The topological polar surface area (TPSA) is 66.9 Å². The van der Waals surface area contributed by atoms with Gasteiger partial charge in [0.1, 0.15) is 5.82 Å². The average Bonchev–Trinajstić information content (AvgIpc) is 3.13. The van der Waals surface area contributed by atoms with E-state index in [0.717, 1.165) is 31.6 Å². The maximum absolute atomic E-state index is 11.7. The second kappa shape index (κ2) is 5.80. The van der Waals surface area contributed by atoms with E-state index in [0.29, 0.717) is 17.7 Å². The highest BCUT2D eigenvalue weighted by Gasteiger charge is 2.24. The van der Waals surface area contributed by atoms with Crippen LogP contribution in [0, 0.1) is 5.92 Å². The van der Waals surface area contributed by atoms with Gasteiger partial charge in [0.05, 0.1) is 0 Å². The largest absolute Gasteiger partial charge is 0.369 e. The summed E-state index contributed by atoms with van der Waals surface area (Å²) >= 11 is 0. The molecule has 0 atom stereocenters. The van der Waals surface area contributed by atoms with E-state index in [1.165, 1.54) is 0 Å². The Labute approximate surface area is 107 Å². The van der Waals surface area contributed by atoms with Gasteiger partial charge in [0.15, 0.2) is 5.69 Å². The summed E-state index contributed by atoms with van der Waals surface area (Å²) in [6.07, 6.45) is 3.24. The number of carbonyl (C=O) groups is 1. The van der Waals surface area contributed by atoms with Crippen LogP contribution in [0.3, 0.4) is 0 Å². The number of anilines is 1. The Morgan fingerprint density at radius 1 is 1.39 bits per heavy atom.